The first kappa shape index (κ1) is 12.1. The Hall–Kier alpha value is -1.32. The van der Waals surface area contributed by atoms with E-state index in [-0.39, 0.29) is 5.69 Å². The van der Waals surface area contributed by atoms with Crippen LogP contribution in [0.4, 0.5) is 20.2 Å². The van der Waals surface area contributed by atoms with Gasteiger partial charge in [-0.05, 0) is 31.9 Å². The van der Waals surface area contributed by atoms with Gasteiger partial charge >= 0.3 is 0 Å². The maximum atomic E-state index is 13.9. The SMILES string of the molecule is CCN(c1c(N)ccc(F)c1F)C1CCCC1. The highest BCUT2D eigenvalue weighted by Gasteiger charge is 2.26. The van der Waals surface area contributed by atoms with E-state index in [2.05, 4.69) is 0 Å². The second kappa shape index (κ2) is 4.90. The van der Waals surface area contributed by atoms with Crippen LogP contribution in [0.5, 0.6) is 0 Å². The molecule has 0 atom stereocenters. The van der Waals surface area contributed by atoms with Gasteiger partial charge in [0.2, 0.25) is 0 Å². The molecule has 4 heteroatoms. The molecule has 1 fully saturated rings. The minimum atomic E-state index is -0.828. The molecule has 94 valence electrons. The van der Waals surface area contributed by atoms with Crippen molar-refractivity contribution in [3.05, 3.63) is 23.8 Å². The van der Waals surface area contributed by atoms with Gasteiger partial charge in [0.1, 0.15) is 0 Å². The fraction of sp³-hybridized carbons (Fsp3) is 0.538. The van der Waals surface area contributed by atoms with Gasteiger partial charge in [-0.25, -0.2) is 8.78 Å². The quantitative estimate of drug-likeness (QED) is 0.821. The fourth-order valence-electron chi connectivity index (χ4n) is 2.66. The van der Waals surface area contributed by atoms with Gasteiger partial charge < -0.3 is 10.6 Å². The summed E-state index contributed by atoms with van der Waals surface area (Å²) in [5.74, 6) is -1.65. The molecule has 0 amide bonds. The third-order valence-electron chi connectivity index (χ3n) is 3.49. The molecule has 1 aliphatic rings. The molecule has 1 saturated carbocycles. The van der Waals surface area contributed by atoms with E-state index in [0.717, 1.165) is 31.7 Å². The summed E-state index contributed by atoms with van der Waals surface area (Å²) in [6, 6.07) is 2.81. The molecule has 0 aromatic heterocycles. The van der Waals surface area contributed by atoms with Crippen LogP contribution in [0, 0.1) is 11.6 Å². The molecule has 1 aliphatic carbocycles. The highest BCUT2D eigenvalue weighted by molar-refractivity contribution is 5.69. The van der Waals surface area contributed by atoms with Crippen LogP contribution in [0.2, 0.25) is 0 Å². The van der Waals surface area contributed by atoms with E-state index in [1.165, 1.54) is 6.07 Å². The van der Waals surface area contributed by atoms with Crippen LogP contribution in [0.25, 0.3) is 0 Å². The Morgan fingerprint density at radius 2 is 1.94 bits per heavy atom. The van der Waals surface area contributed by atoms with E-state index in [0.29, 0.717) is 18.3 Å². The monoisotopic (exact) mass is 240 g/mol. The highest BCUT2D eigenvalue weighted by atomic mass is 19.2. The third kappa shape index (κ3) is 2.21. The van der Waals surface area contributed by atoms with Crippen molar-refractivity contribution in [1.82, 2.24) is 0 Å². The smallest absolute Gasteiger partial charge is 0.184 e. The standard InChI is InChI=1S/C13H18F2N2/c1-2-17(9-5-3-4-6-9)13-11(16)8-7-10(14)12(13)15/h7-9H,2-6,16H2,1H3. The number of hydrogen-bond donors (Lipinski definition) is 1. The number of benzene rings is 1. The van der Waals surface area contributed by atoms with Crippen molar-refractivity contribution in [2.24, 2.45) is 0 Å². The van der Waals surface area contributed by atoms with Gasteiger partial charge in [0, 0.05) is 12.6 Å². The molecule has 2 rings (SSSR count). The van der Waals surface area contributed by atoms with E-state index in [4.69, 9.17) is 5.73 Å². The van der Waals surface area contributed by atoms with Crippen molar-refractivity contribution < 1.29 is 8.78 Å². The van der Waals surface area contributed by atoms with Crippen molar-refractivity contribution in [2.75, 3.05) is 17.2 Å². The van der Waals surface area contributed by atoms with Gasteiger partial charge in [-0.3, -0.25) is 0 Å². The van der Waals surface area contributed by atoms with Gasteiger partial charge in [-0.2, -0.15) is 0 Å². The Balaban J connectivity index is 2.39. The maximum Gasteiger partial charge on any atom is 0.184 e. The predicted molar refractivity (Wildman–Crippen MR) is 66.0 cm³/mol. The minimum absolute atomic E-state index is 0.236. The van der Waals surface area contributed by atoms with Crippen molar-refractivity contribution >= 4 is 11.4 Å². The normalized spacial score (nSPS) is 16.4. The van der Waals surface area contributed by atoms with Crippen LogP contribution in [0.3, 0.4) is 0 Å². The Morgan fingerprint density at radius 1 is 1.29 bits per heavy atom. The van der Waals surface area contributed by atoms with Gasteiger partial charge in [0.05, 0.1) is 11.4 Å². The fourth-order valence-corrected chi connectivity index (χ4v) is 2.66. The molecule has 0 radical (unpaired) electrons. The first-order valence-corrected chi connectivity index (χ1v) is 6.15. The highest BCUT2D eigenvalue weighted by Crippen LogP contribution is 2.34. The van der Waals surface area contributed by atoms with Crippen LogP contribution in [-0.4, -0.2) is 12.6 Å². The molecule has 0 aliphatic heterocycles. The summed E-state index contributed by atoms with van der Waals surface area (Å²) < 4.78 is 27.1. The Bertz CT molecular complexity index is 401. The Kier molecular flexibility index (Phi) is 3.50. The lowest BCUT2D eigenvalue weighted by Gasteiger charge is -2.31. The summed E-state index contributed by atoms with van der Waals surface area (Å²) in [5, 5.41) is 0. The lowest BCUT2D eigenvalue weighted by atomic mass is 10.1. The summed E-state index contributed by atoms with van der Waals surface area (Å²) in [4.78, 5) is 1.90. The number of nitrogens with two attached hydrogens (primary N) is 1. The van der Waals surface area contributed by atoms with Crippen LogP contribution >= 0.6 is 0 Å². The van der Waals surface area contributed by atoms with Crippen molar-refractivity contribution in [2.45, 2.75) is 38.6 Å². The molecule has 0 bridgehead atoms. The zero-order valence-corrected chi connectivity index (χ0v) is 10.0. The van der Waals surface area contributed by atoms with E-state index in [1.807, 2.05) is 11.8 Å². The van der Waals surface area contributed by atoms with Gasteiger partial charge in [0.15, 0.2) is 11.6 Å². The number of anilines is 2. The summed E-state index contributed by atoms with van der Waals surface area (Å²) in [6.45, 7) is 2.59. The summed E-state index contributed by atoms with van der Waals surface area (Å²) in [7, 11) is 0. The lowest BCUT2D eigenvalue weighted by Crippen LogP contribution is -2.34. The molecule has 17 heavy (non-hydrogen) atoms. The number of halogens is 2. The van der Waals surface area contributed by atoms with Gasteiger partial charge in [-0.1, -0.05) is 12.8 Å². The zero-order valence-electron chi connectivity index (χ0n) is 10.0. The van der Waals surface area contributed by atoms with Crippen molar-refractivity contribution in [3.8, 4) is 0 Å². The van der Waals surface area contributed by atoms with Crippen LogP contribution in [-0.2, 0) is 0 Å². The van der Waals surface area contributed by atoms with Crippen LogP contribution in [0.1, 0.15) is 32.6 Å². The summed E-state index contributed by atoms with van der Waals surface area (Å²) in [6.07, 6.45) is 4.36. The molecule has 0 unspecified atom stereocenters. The molecular formula is C13H18F2N2. The topological polar surface area (TPSA) is 29.3 Å². The van der Waals surface area contributed by atoms with E-state index in [9.17, 15) is 8.78 Å². The second-order valence-electron chi connectivity index (χ2n) is 4.52. The third-order valence-corrected chi connectivity index (χ3v) is 3.49. The predicted octanol–water partition coefficient (Wildman–Crippen LogP) is 3.32. The summed E-state index contributed by atoms with van der Waals surface area (Å²) >= 11 is 0. The molecule has 2 N–H and O–H groups in total. The first-order valence-electron chi connectivity index (χ1n) is 6.15. The van der Waals surface area contributed by atoms with Crippen molar-refractivity contribution in [1.29, 1.82) is 0 Å². The lowest BCUT2D eigenvalue weighted by molar-refractivity contribution is 0.500. The van der Waals surface area contributed by atoms with Gasteiger partial charge in [0.25, 0.3) is 0 Å². The average Bonchev–Trinajstić information content (AvgIpc) is 2.83. The first-order chi connectivity index (χ1) is 8.15. The molecular weight excluding hydrogens is 222 g/mol. The van der Waals surface area contributed by atoms with E-state index in [1.54, 1.807) is 0 Å². The van der Waals surface area contributed by atoms with Crippen LogP contribution in [0.15, 0.2) is 12.1 Å². The van der Waals surface area contributed by atoms with E-state index >= 15 is 0 Å². The molecule has 0 heterocycles. The van der Waals surface area contributed by atoms with Crippen molar-refractivity contribution in [3.63, 3.8) is 0 Å². The largest absolute Gasteiger partial charge is 0.397 e. The van der Waals surface area contributed by atoms with Crippen LogP contribution < -0.4 is 10.6 Å². The molecule has 1 aromatic carbocycles. The number of nitrogens with zero attached hydrogens (tertiary/aromatic N) is 1. The average molecular weight is 240 g/mol. The molecule has 1 aromatic rings. The summed E-state index contributed by atoms with van der Waals surface area (Å²) in [5.41, 5.74) is 6.34. The maximum absolute atomic E-state index is 13.9. The van der Waals surface area contributed by atoms with E-state index < -0.39 is 11.6 Å². The van der Waals surface area contributed by atoms with Gasteiger partial charge in [-0.15, -0.1) is 0 Å². The minimum Gasteiger partial charge on any atom is -0.397 e. The Morgan fingerprint density at radius 3 is 2.53 bits per heavy atom. The Labute approximate surface area is 100 Å². The second-order valence-corrected chi connectivity index (χ2v) is 4.52. The zero-order chi connectivity index (χ0) is 12.4. The number of hydrogen-bond acceptors (Lipinski definition) is 2. The molecule has 0 saturated heterocycles. The molecule has 2 nitrogen and oxygen atoms in total. The molecule has 0 spiro atoms. The number of nitrogen functional groups attached to an aromatic ring is 1. The number of rotatable bonds is 3.